The average molecular weight is 244 g/mol. The molecule has 0 saturated carbocycles. The number of nitrogens with zero attached hydrogens (tertiary/aromatic N) is 2. The van der Waals surface area contributed by atoms with E-state index in [2.05, 4.69) is 20.8 Å². The number of benzene rings is 1. The van der Waals surface area contributed by atoms with E-state index in [-0.39, 0.29) is 0 Å². The number of nitrogens with one attached hydrogen (secondary N) is 2. The van der Waals surface area contributed by atoms with Crippen LogP contribution >= 0.6 is 12.2 Å². The number of aromatic nitrogens is 1. The van der Waals surface area contributed by atoms with E-state index in [4.69, 9.17) is 12.2 Å². The molecule has 0 bridgehead atoms. The molecule has 0 aliphatic carbocycles. The molecule has 0 spiro atoms. The Morgan fingerprint density at radius 1 is 1.29 bits per heavy atom. The van der Waals surface area contributed by atoms with Crippen LogP contribution in [-0.2, 0) is 0 Å². The highest BCUT2D eigenvalue weighted by Crippen LogP contribution is 2.10. The van der Waals surface area contributed by atoms with Gasteiger partial charge >= 0.3 is 0 Å². The van der Waals surface area contributed by atoms with Crippen molar-refractivity contribution >= 4 is 34.4 Å². The maximum absolute atomic E-state index is 4.89. The molecule has 1 heterocycles. The number of hydrogen-bond acceptors (Lipinski definition) is 3. The van der Waals surface area contributed by atoms with Gasteiger partial charge in [-0.25, -0.2) is 4.98 Å². The van der Waals surface area contributed by atoms with Crippen LogP contribution in [-0.4, -0.2) is 23.4 Å². The first-order valence-electron chi connectivity index (χ1n) is 5.16. The van der Waals surface area contributed by atoms with Gasteiger partial charge in [0.2, 0.25) is 0 Å². The van der Waals surface area contributed by atoms with Gasteiger partial charge in [-0.15, -0.1) is 0 Å². The molecule has 17 heavy (non-hydrogen) atoms. The third-order valence-corrected chi connectivity index (χ3v) is 2.51. The van der Waals surface area contributed by atoms with Gasteiger partial charge in [0, 0.05) is 12.4 Å². The van der Waals surface area contributed by atoms with Gasteiger partial charge in [-0.2, -0.15) is 5.10 Å². The minimum atomic E-state index is 0.474. The second-order valence-electron chi connectivity index (χ2n) is 3.38. The molecule has 0 unspecified atom stereocenters. The van der Waals surface area contributed by atoms with Crippen LogP contribution in [0.3, 0.4) is 0 Å². The summed E-state index contributed by atoms with van der Waals surface area (Å²) in [4.78, 5) is 4.44. The van der Waals surface area contributed by atoms with Gasteiger partial charge in [-0.1, -0.05) is 24.3 Å². The molecule has 2 aromatic rings. The normalized spacial score (nSPS) is 10.6. The standard InChI is InChI=1S/C12H12N4S/c1-13-12(17)16-14-8-10-7-6-9-4-2-3-5-11(9)15-10/h2-8H,1H3,(H2,13,16,17)/b14-8+. The van der Waals surface area contributed by atoms with E-state index in [0.717, 1.165) is 16.6 Å². The van der Waals surface area contributed by atoms with Crippen molar-refractivity contribution < 1.29 is 0 Å². The van der Waals surface area contributed by atoms with E-state index in [9.17, 15) is 0 Å². The molecule has 2 N–H and O–H groups in total. The highest BCUT2D eigenvalue weighted by molar-refractivity contribution is 7.80. The number of para-hydroxylation sites is 1. The third kappa shape index (κ3) is 2.98. The summed E-state index contributed by atoms with van der Waals surface area (Å²) in [6.45, 7) is 0. The zero-order valence-electron chi connectivity index (χ0n) is 9.34. The number of hydrazone groups is 1. The average Bonchev–Trinajstić information content (AvgIpc) is 2.38. The smallest absolute Gasteiger partial charge is 0.186 e. The van der Waals surface area contributed by atoms with Crippen molar-refractivity contribution in [1.29, 1.82) is 0 Å². The first kappa shape index (κ1) is 11.5. The molecular weight excluding hydrogens is 232 g/mol. The summed E-state index contributed by atoms with van der Waals surface area (Å²) in [5.74, 6) is 0. The Balaban J connectivity index is 2.16. The van der Waals surface area contributed by atoms with Crippen LogP contribution in [0.5, 0.6) is 0 Å². The fourth-order valence-electron chi connectivity index (χ4n) is 1.37. The van der Waals surface area contributed by atoms with Crippen LogP contribution in [0.25, 0.3) is 10.9 Å². The molecule has 0 radical (unpaired) electrons. The van der Waals surface area contributed by atoms with Crippen LogP contribution in [0.2, 0.25) is 0 Å². The number of rotatable bonds is 2. The lowest BCUT2D eigenvalue weighted by Gasteiger charge is -2.00. The van der Waals surface area contributed by atoms with Crippen LogP contribution in [0.15, 0.2) is 41.5 Å². The molecule has 1 aromatic carbocycles. The molecule has 5 heteroatoms. The van der Waals surface area contributed by atoms with Crippen molar-refractivity contribution in [2.75, 3.05) is 7.05 Å². The van der Waals surface area contributed by atoms with Crippen molar-refractivity contribution in [2.45, 2.75) is 0 Å². The number of thiocarbonyl (C=S) groups is 1. The maximum Gasteiger partial charge on any atom is 0.186 e. The summed E-state index contributed by atoms with van der Waals surface area (Å²) < 4.78 is 0. The summed E-state index contributed by atoms with van der Waals surface area (Å²) in [5.41, 5.74) is 4.42. The van der Waals surface area contributed by atoms with Crippen molar-refractivity contribution in [1.82, 2.24) is 15.7 Å². The summed E-state index contributed by atoms with van der Waals surface area (Å²) in [5, 5.41) is 8.33. The molecule has 86 valence electrons. The molecule has 2 rings (SSSR count). The topological polar surface area (TPSA) is 49.3 Å². The van der Waals surface area contributed by atoms with Crippen molar-refractivity contribution in [3.05, 3.63) is 42.1 Å². The van der Waals surface area contributed by atoms with Gasteiger partial charge < -0.3 is 5.32 Å². The monoisotopic (exact) mass is 244 g/mol. The van der Waals surface area contributed by atoms with Crippen LogP contribution < -0.4 is 10.7 Å². The zero-order chi connectivity index (χ0) is 12.1. The maximum atomic E-state index is 4.89. The van der Waals surface area contributed by atoms with Gasteiger partial charge in [-0.05, 0) is 24.4 Å². The van der Waals surface area contributed by atoms with Gasteiger partial charge in [-0.3, -0.25) is 5.43 Å². The molecule has 0 amide bonds. The fraction of sp³-hybridized carbons (Fsp3) is 0.0833. The number of fused-ring (bicyclic) bond motifs is 1. The second-order valence-corrected chi connectivity index (χ2v) is 3.79. The highest BCUT2D eigenvalue weighted by atomic mass is 32.1. The Labute approximate surface area is 105 Å². The van der Waals surface area contributed by atoms with Crippen LogP contribution in [0, 0.1) is 0 Å². The van der Waals surface area contributed by atoms with E-state index >= 15 is 0 Å². The quantitative estimate of drug-likeness (QED) is 0.479. The first-order chi connectivity index (χ1) is 8.29. The molecule has 0 fully saturated rings. The van der Waals surface area contributed by atoms with Crippen molar-refractivity contribution in [3.8, 4) is 0 Å². The molecule has 0 atom stereocenters. The zero-order valence-corrected chi connectivity index (χ0v) is 10.2. The predicted octanol–water partition coefficient (Wildman–Crippen LogP) is 1.66. The van der Waals surface area contributed by atoms with Gasteiger partial charge in [0.05, 0.1) is 17.4 Å². The lowest BCUT2D eigenvalue weighted by Crippen LogP contribution is -2.28. The van der Waals surface area contributed by atoms with Crippen molar-refractivity contribution in [2.24, 2.45) is 5.10 Å². The van der Waals surface area contributed by atoms with Gasteiger partial charge in [0.25, 0.3) is 0 Å². The highest BCUT2D eigenvalue weighted by Gasteiger charge is 1.94. The molecule has 0 aliphatic rings. The Hall–Kier alpha value is -2.01. The Kier molecular flexibility index (Phi) is 3.62. The van der Waals surface area contributed by atoms with Gasteiger partial charge in [0.15, 0.2) is 5.11 Å². The molecule has 0 saturated heterocycles. The fourth-order valence-corrected chi connectivity index (χ4v) is 1.42. The predicted molar refractivity (Wildman–Crippen MR) is 74.1 cm³/mol. The summed E-state index contributed by atoms with van der Waals surface area (Å²) in [6, 6.07) is 11.9. The Morgan fingerprint density at radius 3 is 2.94 bits per heavy atom. The molecular formula is C12H12N4S. The van der Waals surface area contributed by atoms with E-state index in [1.807, 2.05) is 36.4 Å². The third-order valence-electron chi connectivity index (χ3n) is 2.21. The first-order valence-corrected chi connectivity index (χ1v) is 5.57. The SMILES string of the molecule is CNC(=S)N/N=C/c1ccc2ccccc2n1. The minimum Gasteiger partial charge on any atom is -0.364 e. The Morgan fingerprint density at radius 2 is 2.12 bits per heavy atom. The minimum absolute atomic E-state index is 0.474. The largest absolute Gasteiger partial charge is 0.364 e. The molecule has 4 nitrogen and oxygen atoms in total. The van der Waals surface area contributed by atoms with Crippen molar-refractivity contribution in [3.63, 3.8) is 0 Å². The van der Waals surface area contributed by atoms with E-state index in [0.29, 0.717) is 5.11 Å². The lowest BCUT2D eigenvalue weighted by atomic mass is 10.2. The van der Waals surface area contributed by atoms with E-state index in [1.54, 1.807) is 13.3 Å². The van der Waals surface area contributed by atoms with E-state index in [1.165, 1.54) is 0 Å². The Bertz CT molecular complexity index is 565. The number of hydrogen-bond donors (Lipinski definition) is 2. The second kappa shape index (κ2) is 5.36. The van der Waals surface area contributed by atoms with Crippen LogP contribution in [0.4, 0.5) is 0 Å². The molecule has 1 aromatic heterocycles. The lowest BCUT2D eigenvalue weighted by molar-refractivity contribution is 0.981. The van der Waals surface area contributed by atoms with Crippen LogP contribution in [0.1, 0.15) is 5.69 Å². The molecule has 0 aliphatic heterocycles. The number of pyridine rings is 1. The van der Waals surface area contributed by atoms with Gasteiger partial charge in [0.1, 0.15) is 0 Å². The summed E-state index contributed by atoms with van der Waals surface area (Å²) >= 11 is 4.89. The van der Waals surface area contributed by atoms with E-state index < -0.39 is 0 Å². The summed E-state index contributed by atoms with van der Waals surface area (Å²) in [7, 11) is 1.74. The summed E-state index contributed by atoms with van der Waals surface area (Å²) in [6.07, 6.45) is 1.64.